The number of halogens is 1. The highest BCUT2D eigenvalue weighted by Crippen LogP contribution is 2.33. The zero-order valence-corrected chi connectivity index (χ0v) is 14.4. The zero-order chi connectivity index (χ0) is 16.2. The van der Waals surface area contributed by atoms with Gasteiger partial charge in [0.05, 0.1) is 22.5 Å². The Morgan fingerprint density at radius 2 is 2.00 bits per heavy atom. The number of carboxylic acid groups (broad SMARTS) is 1. The fourth-order valence-corrected chi connectivity index (χ4v) is 2.67. The van der Waals surface area contributed by atoms with Crippen molar-refractivity contribution in [1.29, 1.82) is 0 Å². The number of carboxylic acids is 1. The average molecular weight is 361 g/mol. The molecular formula is C14H21BrN2O4. The summed E-state index contributed by atoms with van der Waals surface area (Å²) in [7, 11) is 0. The summed E-state index contributed by atoms with van der Waals surface area (Å²) in [5.41, 5.74) is -0.115. The quantitative estimate of drug-likeness (QED) is 0.596. The number of ether oxygens (including phenoxy) is 1. The number of hydrogen-bond acceptors (Lipinski definition) is 4. The number of hydrogen-bond donors (Lipinski definition) is 1. The Morgan fingerprint density at radius 3 is 2.43 bits per heavy atom. The maximum absolute atomic E-state index is 12.2. The van der Waals surface area contributed by atoms with Crippen LogP contribution in [0.5, 0.6) is 0 Å². The van der Waals surface area contributed by atoms with Crippen LogP contribution in [0.15, 0.2) is 4.47 Å². The first-order valence-corrected chi connectivity index (χ1v) is 7.75. The molecule has 7 heteroatoms. The van der Waals surface area contributed by atoms with Crippen LogP contribution in [-0.4, -0.2) is 33.4 Å². The lowest BCUT2D eigenvalue weighted by molar-refractivity contribution is -0.169. The molecule has 0 aliphatic heterocycles. The number of carbonyl (C=O) groups excluding carboxylic acids is 1. The third kappa shape index (κ3) is 3.28. The summed E-state index contributed by atoms with van der Waals surface area (Å²) in [4.78, 5) is 24.0. The van der Waals surface area contributed by atoms with E-state index in [1.54, 1.807) is 18.5 Å². The number of carbonyl (C=O) groups is 2. The lowest BCUT2D eigenvalue weighted by atomic mass is 9.80. The van der Waals surface area contributed by atoms with Crippen LogP contribution in [-0.2, 0) is 27.3 Å². The molecule has 6 nitrogen and oxygen atoms in total. The molecule has 0 saturated carbocycles. The van der Waals surface area contributed by atoms with Crippen LogP contribution >= 0.6 is 15.9 Å². The number of nitrogens with zero attached hydrogens (tertiary/aromatic N) is 2. The monoisotopic (exact) mass is 360 g/mol. The highest BCUT2D eigenvalue weighted by Gasteiger charge is 2.47. The molecule has 1 unspecified atom stereocenters. The van der Waals surface area contributed by atoms with Crippen molar-refractivity contribution in [3.8, 4) is 0 Å². The molecule has 0 aliphatic rings. The second-order valence-electron chi connectivity index (χ2n) is 4.80. The topological polar surface area (TPSA) is 81.4 Å². The van der Waals surface area contributed by atoms with Gasteiger partial charge in [0.15, 0.2) is 5.41 Å². The lowest BCUT2D eigenvalue weighted by Gasteiger charge is -2.26. The van der Waals surface area contributed by atoms with E-state index in [2.05, 4.69) is 21.0 Å². The highest BCUT2D eigenvalue weighted by molar-refractivity contribution is 9.10. The van der Waals surface area contributed by atoms with E-state index in [-0.39, 0.29) is 19.4 Å². The SMILES string of the molecule is CCOC(=O)C(CC)(Cc1c(Br)c(C)nn1CC)C(=O)O. The highest BCUT2D eigenvalue weighted by atomic mass is 79.9. The molecule has 1 rings (SSSR count). The largest absolute Gasteiger partial charge is 0.480 e. The zero-order valence-electron chi connectivity index (χ0n) is 12.8. The fraction of sp³-hybridized carbons (Fsp3) is 0.643. The van der Waals surface area contributed by atoms with Crippen molar-refractivity contribution in [2.75, 3.05) is 6.61 Å². The summed E-state index contributed by atoms with van der Waals surface area (Å²) >= 11 is 3.43. The predicted octanol–water partition coefficient (Wildman–Crippen LogP) is 2.56. The molecule has 0 amide bonds. The summed E-state index contributed by atoms with van der Waals surface area (Å²) in [5.74, 6) is -1.87. The van der Waals surface area contributed by atoms with Crippen LogP contribution in [0.25, 0.3) is 0 Å². The summed E-state index contributed by atoms with van der Waals surface area (Å²) < 4.78 is 7.44. The minimum atomic E-state index is -1.59. The molecule has 0 aromatic carbocycles. The molecule has 0 aliphatic carbocycles. The van der Waals surface area contributed by atoms with E-state index in [1.807, 2.05) is 13.8 Å². The molecule has 1 aromatic rings. The molecule has 1 aromatic heterocycles. The predicted molar refractivity (Wildman–Crippen MR) is 81.0 cm³/mol. The molecule has 0 spiro atoms. The fourth-order valence-electron chi connectivity index (χ4n) is 2.25. The van der Waals surface area contributed by atoms with Gasteiger partial charge in [0.25, 0.3) is 0 Å². The summed E-state index contributed by atoms with van der Waals surface area (Å²) in [6.45, 7) is 7.85. The summed E-state index contributed by atoms with van der Waals surface area (Å²) in [6, 6.07) is 0. The Bertz CT molecular complexity index is 541. The van der Waals surface area contributed by atoms with Crippen LogP contribution in [0.2, 0.25) is 0 Å². The molecule has 21 heavy (non-hydrogen) atoms. The van der Waals surface area contributed by atoms with Crippen LogP contribution in [0.1, 0.15) is 38.6 Å². The molecule has 1 heterocycles. The van der Waals surface area contributed by atoms with Crippen molar-refractivity contribution < 1.29 is 19.4 Å². The number of aliphatic carboxylic acids is 1. The van der Waals surface area contributed by atoms with E-state index >= 15 is 0 Å². The van der Waals surface area contributed by atoms with Crippen molar-refractivity contribution in [1.82, 2.24) is 9.78 Å². The Balaban J connectivity index is 3.31. The minimum Gasteiger partial charge on any atom is -0.480 e. The molecule has 0 saturated heterocycles. The van der Waals surface area contributed by atoms with Crippen molar-refractivity contribution in [3.05, 3.63) is 15.9 Å². The van der Waals surface area contributed by atoms with Gasteiger partial charge in [-0.1, -0.05) is 6.92 Å². The average Bonchev–Trinajstić information content (AvgIpc) is 2.71. The third-order valence-corrected chi connectivity index (χ3v) is 4.63. The van der Waals surface area contributed by atoms with Gasteiger partial charge in [-0.2, -0.15) is 5.10 Å². The van der Waals surface area contributed by atoms with Gasteiger partial charge in [0.2, 0.25) is 0 Å². The lowest BCUT2D eigenvalue weighted by Crippen LogP contribution is -2.42. The standard InChI is InChI=1S/C14H21BrN2O4/c1-5-14(12(18)19,13(20)21-7-3)8-10-11(15)9(4)16-17(10)6-2/h5-8H2,1-4H3,(H,18,19). The summed E-state index contributed by atoms with van der Waals surface area (Å²) in [6.07, 6.45) is 0.203. The van der Waals surface area contributed by atoms with E-state index in [1.165, 1.54) is 0 Å². The Kier molecular flexibility index (Phi) is 5.95. The van der Waals surface area contributed by atoms with Gasteiger partial charge < -0.3 is 9.84 Å². The Morgan fingerprint density at radius 1 is 1.38 bits per heavy atom. The van der Waals surface area contributed by atoms with Crippen LogP contribution < -0.4 is 0 Å². The molecule has 0 radical (unpaired) electrons. The number of esters is 1. The van der Waals surface area contributed by atoms with Gasteiger partial charge in [-0.15, -0.1) is 0 Å². The van der Waals surface area contributed by atoms with Crippen LogP contribution in [0, 0.1) is 12.3 Å². The summed E-state index contributed by atoms with van der Waals surface area (Å²) in [5, 5.41) is 13.9. The smallest absolute Gasteiger partial charge is 0.323 e. The third-order valence-electron chi connectivity index (χ3n) is 3.60. The first-order valence-electron chi connectivity index (χ1n) is 6.96. The van der Waals surface area contributed by atoms with Crippen LogP contribution in [0.4, 0.5) is 0 Å². The van der Waals surface area contributed by atoms with Gasteiger partial charge in [-0.05, 0) is 43.1 Å². The molecule has 118 valence electrons. The van der Waals surface area contributed by atoms with Gasteiger partial charge in [-0.25, -0.2) is 0 Å². The van der Waals surface area contributed by atoms with Crippen molar-refractivity contribution in [3.63, 3.8) is 0 Å². The molecular weight excluding hydrogens is 340 g/mol. The normalized spacial score (nSPS) is 13.8. The van der Waals surface area contributed by atoms with Gasteiger partial charge in [0, 0.05) is 13.0 Å². The van der Waals surface area contributed by atoms with Crippen molar-refractivity contribution >= 4 is 27.9 Å². The van der Waals surface area contributed by atoms with Gasteiger partial charge in [-0.3, -0.25) is 14.3 Å². The van der Waals surface area contributed by atoms with E-state index in [9.17, 15) is 14.7 Å². The van der Waals surface area contributed by atoms with E-state index in [0.717, 1.165) is 10.2 Å². The molecule has 0 fully saturated rings. The maximum Gasteiger partial charge on any atom is 0.323 e. The molecule has 1 N–H and O–H groups in total. The number of rotatable bonds is 7. The van der Waals surface area contributed by atoms with Crippen molar-refractivity contribution in [2.45, 2.75) is 47.1 Å². The first kappa shape index (κ1) is 17.7. The number of aryl methyl sites for hydroxylation is 2. The molecule has 1 atom stereocenters. The van der Waals surface area contributed by atoms with Crippen molar-refractivity contribution in [2.24, 2.45) is 5.41 Å². The Labute approximate surface area is 132 Å². The van der Waals surface area contributed by atoms with E-state index in [4.69, 9.17) is 4.74 Å². The Hall–Kier alpha value is -1.37. The minimum absolute atomic E-state index is 0.0485. The first-order chi connectivity index (χ1) is 9.83. The van der Waals surface area contributed by atoms with Gasteiger partial charge in [0.1, 0.15) is 0 Å². The van der Waals surface area contributed by atoms with E-state index in [0.29, 0.717) is 12.2 Å². The number of aromatic nitrogens is 2. The second-order valence-corrected chi connectivity index (χ2v) is 5.59. The maximum atomic E-state index is 12.2. The van der Waals surface area contributed by atoms with Crippen LogP contribution in [0.3, 0.4) is 0 Å². The second kappa shape index (κ2) is 7.06. The van der Waals surface area contributed by atoms with E-state index < -0.39 is 17.4 Å². The van der Waals surface area contributed by atoms with Gasteiger partial charge >= 0.3 is 11.9 Å². The molecule has 0 bridgehead atoms.